The molecule has 0 spiro atoms. The molecule has 0 amide bonds. The van der Waals surface area contributed by atoms with E-state index in [-0.39, 0.29) is 5.82 Å². The second-order valence-electron chi connectivity index (χ2n) is 7.74. The molecule has 1 aliphatic rings. The number of hydrogen-bond donors (Lipinski definition) is 1. The van der Waals surface area contributed by atoms with Crippen molar-refractivity contribution in [3.63, 3.8) is 0 Å². The highest BCUT2D eigenvalue weighted by Crippen LogP contribution is 2.48. The van der Waals surface area contributed by atoms with Crippen molar-refractivity contribution in [2.45, 2.75) is 32.6 Å². The molecule has 1 aromatic carbocycles. The Balaban J connectivity index is 1.53. The summed E-state index contributed by atoms with van der Waals surface area (Å²) in [5.41, 5.74) is 5.05. The molecule has 30 heavy (non-hydrogen) atoms. The van der Waals surface area contributed by atoms with E-state index in [9.17, 15) is 4.39 Å². The number of hydrogen-bond acceptors (Lipinski definition) is 5. The molecule has 0 saturated heterocycles. The summed E-state index contributed by atoms with van der Waals surface area (Å²) in [5, 5.41) is 12.6. The van der Waals surface area contributed by atoms with E-state index in [1.807, 2.05) is 37.7 Å². The molecule has 0 radical (unpaired) electrons. The van der Waals surface area contributed by atoms with Crippen molar-refractivity contribution in [2.75, 3.05) is 5.32 Å². The van der Waals surface area contributed by atoms with E-state index in [2.05, 4.69) is 20.4 Å². The fraction of sp³-hybridized carbons (Fsp3) is 0.273. The molecule has 0 bridgehead atoms. The summed E-state index contributed by atoms with van der Waals surface area (Å²) < 4.78 is 17.1. The van der Waals surface area contributed by atoms with Crippen LogP contribution in [0.5, 0.6) is 0 Å². The molecule has 8 heteroatoms. The largest absolute Gasteiger partial charge is 0.323 e. The number of nitrogens with zero attached hydrogens (tertiary/aromatic N) is 6. The average molecular weight is 403 g/mol. The average Bonchev–Trinajstić information content (AvgIpc) is 3.43. The number of benzene rings is 1. The van der Waals surface area contributed by atoms with Crippen molar-refractivity contribution in [3.05, 3.63) is 65.5 Å². The summed E-state index contributed by atoms with van der Waals surface area (Å²) >= 11 is 0. The van der Waals surface area contributed by atoms with Crippen LogP contribution in [0.1, 0.15) is 35.7 Å². The highest BCUT2D eigenvalue weighted by Gasteiger charge is 2.33. The molecule has 7 nitrogen and oxygen atoms in total. The van der Waals surface area contributed by atoms with Gasteiger partial charge < -0.3 is 5.32 Å². The van der Waals surface area contributed by atoms with Crippen LogP contribution in [-0.4, -0.2) is 29.5 Å². The third kappa shape index (κ3) is 3.34. The number of nitrogens with one attached hydrogen (secondary N) is 1. The lowest BCUT2D eigenvalue weighted by molar-refractivity contribution is 0.628. The van der Waals surface area contributed by atoms with Gasteiger partial charge in [0.05, 0.1) is 11.4 Å². The predicted octanol–water partition coefficient (Wildman–Crippen LogP) is 4.44. The second kappa shape index (κ2) is 7.05. The van der Waals surface area contributed by atoms with Crippen LogP contribution in [0.25, 0.3) is 17.1 Å². The lowest BCUT2D eigenvalue weighted by Gasteiger charge is -2.09. The van der Waals surface area contributed by atoms with Crippen molar-refractivity contribution in [1.82, 2.24) is 29.5 Å². The minimum absolute atomic E-state index is 0.245. The Bertz CT molecular complexity index is 1220. The Morgan fingerprint density at radius 3 is 2.47 bits per heavy atom. The molecule has 0 aliphatic heterocycles. The summed E-state index contributed by atoms with van der Waals surface area (Å²) in [6.07, 6.45) is 3.76. The predicted molar refractivity (Wildman–Crippen MR) is 112 cm³/mol. The number of aromatic nitrogens is 6. The maximum absolute atomic E-state index is 13.4. The third-order valence-corrected chi connectivity index (χ3v) is 5.31. The zero-order valence-electron chi connectivity index (χ0n) is 17.1. The van der Waals surface area contributed by atoms with E-state index in [1.54, 1.807) is 16.8 Å². The van der Waals surface area contributed by atoms with Gasteiger partial charge in [-0.05, 0) is 62.9 Å². The number of rotatable bonds is 5. The van der Waals surface area contributed by atoms with Gasteiger partial charge in [-0.3, -0.25) is 4.68 Å². The van der Waals surface area contributed by atoms with Crippen LogP contribution in [0.4, 0.5) is 16.0 Å². The van der Waals surface area contributed by atoms with E-state index in [0.717, 1.165) is 46.9 Å². The highest BCUT2D eigenvalue weighted by molar-refractivity contribution is 5.73. The van der Waals surface area contributed by atoms with Crippen LogP contribution in [-0.2, 0) is 7.05 Å². The van der Waals surface area contributed by atoms with Crippen LogP contribution in [0, 0.1) is 19.7 Å². The second-order valence-corrected chi connectivity index (χ2v) is 7.74. The first kappa shape index (κ1) is 18.5. The summed E-state index contributed by atoms with van der Waals surface area (Å²) in [7, 11) is 1.91. The van der Waals surface area contributed by atoms with Gasteiger partial charge in [0.2, 0.25) is 0 Å². The fourth-order valence-corrected chi connectivity index (χ4v) is 3.85. The first-order chi connectivity index (χ1) is 14.5. The lowest BCUT2D eigenvalue weighted by atomic mass is 10.0. The Morgan fingerprint density at radius 2 is 1.80 bits per heavy atom. The smallest absolute Gasteiger partial charge is 0.159 e. The lowest BCUT2D eigenvalue weighted by Crippen LogP contribution is -2.05. The minimum Gasteiger partial charge on any atom is -0.323 e. The first-order valence-electron chi connectivity index (χ1n) is 9.95. The van der Waals surface area contributed by atoms with E-state index in [0.29, 0.717) is 17.6 Å². The Kier molecular flexibility index (Phi) is 4.34. The molecule has 3 aromatic heterocycles. The van der Waals surface area contributed by atoms with Gasteiger partial charge >= 0.3 is 0 Å². The highest BCUT2D eigenvalue weighted by atomic mass is 19.1. The molecular weight excluding hydrogens is 381 g/mol. The zero-order chi connectivity index (χ0) is 20.8. The normalized spacial score (nSPS) is 13.6. The van der Waals surface area contributed by atoms with E-state index < -0.39 is 0 Å². The maximum Gasteiger partial charge on any atom is 0.159 e. The number of halogens is 1. The van der Waals surface area contributed by atoms with Gasteiger partial charge in [-0.25, -0.2) is 19.0 Å². The van der Waals surface area contributed by atoms with Gasteiger partial charge in [0.25, 0.3) is 0 Å². The van der Waals surface area contributed by atoms with E-state index in [1.165, 1.54) is 18.5 Å². The molecule has 1 fully saturated rings. The molecule has 1 saturated carbocycles. The van der Waals surface area contributed by atoms with Gasteiger partial charge in [-0.1, -0.05) is 0 Å². The van der Waals surface area contributed by atoms with Crippen molar-refractivity contribution >= 4 is 11.6 Å². The summed E-state index contributed by atoms with van der Waals surface area (Å²) in [5.74, 6) is 2.32. The number of anilines is 2. The third-order valence-electron chi connectivity index (χ3n) is 5.31. The van der Waals surface area contributed by atoms with Crippen molar-refractivity contribution in [1.29, 1.82) is 0 Å². The summed E-state index contributed by atoms with van der Waals surface area (Å²) in [6, 6.07) is 10.4. The molecule has 1 aliphatic carbocycles. The van der Waals surface area contributed by atoms with Gasteiger partial charge in [-0.15, -0.1) is 0 Å². The monoisotopic (exact) mass is 403 g/mol. The van der Waals surface area contributed by atoms with Gasteiger partial charge in [0, 0.05) is 29.9 Å². The van der Waals surface area contributed by atoms with Crippen LogP contribution in [0.2, 0.25) is 0 Å². The molecular formula is C22H22FN7. The fourth-order valence-electron chi connectivity index (χ4n) is 3.85. The molecule has 0 atom stereocenters. The topological polar surface area (TPSA) is 73.5 Å². The quantitative estimate of drug-likeness (QED) is 0.533. The summed E-state index contributed by atoms with van der Waals surface area (Å²) in [6.45, 7) is 3.95. The van der Waals surface area contributed by atoms with Crippen LogP contribution in [0.15, 0.2) is 42.7 Å². The van der Waals surface area contributed by atoms with Crippen molar-refractivity contribution < 1.29 is 4.39 Å². The Morgan fingerprint density at radius 1 is 1.03 bits per heavy atom. The zero-order valence-corrected chi connectivity index (χ0v) is 17.1. The van der Waals surface area contributed by atoms with Crippen LogP contribution < -0.4 is 5.32 Å². The molecule has 4 aromatic rings. The number of aryl methyl sites for hydroxylation is 3. The van der Waals surface area contributed by atoms with Gasteiger partial charge in [0.1, 0.15) is 18.0 Å². The molecule has 0 unspecified atom stereocenters. The van der Waals surface area contributed by atoms with Gasteiger partial charge in [0.15, 0.2) is 11.6 Å². The molecule has 3 heterocycles. The van der Waals surface area contributed by atoms with Gasteiger partial charge in [-0.2, -0.15) is 10.2 Å². The molecule has 152 valence electrons. The van der Waals surface area contributed by atoms with Crippen LogP contribution >= 0.6 is 0 Å². The Labute approximate surface area is 173 Å². The maximum atomic E-state index is 13.4. The van der Waals surface area contributed by atoms with Crippen molar-refractivity contribution in [3.8, 4) is 17.1 Å². The van der Waals surface area contributed by atoms with Crippen LogP contribution in [0.3, 0.4) is 0 Å². The first-order valence-corrected chi connectivity index (χ1v) is 9.95. The summed E-state index contributed by atoms with van der Waals surface area (Å²) in [4.78, 5) is 8.74. The minimum atomic E-state index is -0.245. The van der Waals surface area contributed by atoms with E-state index in [4.69, 9.17) is 5.10 Å². The van der Waals surface area contributed by atoms with Crippen molar-refractivity contribution in [2.24, 2.45) is 7.05 Å². The molecule has 1 N–H and O–H groups in total. The SMILES string of the molecule is Cc1cc(C)n(-c2cc(Nc3nn(C)c(-c4ccc(F)cc4)c3C3CC3)ncn2)n1. The standard InChI is InChI=1S/C22H22FN7/c1-13-10-14(2)30(27-13)19-11-18(24-12-25-19)26-22-20(15-4-5-15)21(29(3)28-22)16-6-8-17(23)9-7-16/h6-12,15H,4-5H2,1-3H3,(H,24,25,26,28). The Hall–Kier alpha value is -3.55. The van der Waals surface area contributed by atoms with E-state index >= 15 is 0 Å². The molecule has 5 rings (SSSR count).